The lowest BCUT2D eigenvalue weighted by atomic mass is 10.1. The highest BCUT2D eigenvalue weighted by atomic mass is 31.2. The molecular formula is C30H27O6P. The van der Waals surface area contributed by atoms with Crippen molar-refractivity contribution in [2.45, 2.75) is 0 Å². The lowest BCUT2D eigenvalue weighted by molar-refractivity contribution is 0.120. The molecular weight excluding hydrogens is 487 g/mol. The average molecular weight is 515 g/mol. The zero-order valence-corrected chi connectivity index (χ0v) is 21.1. The first kappa shape index (κ1) is 24.8. The quantitative estimate of drug-likeness (QED) is 0.126. The van der Waals surface area contributed by atoms with Gasteiger partial charge in [0.25, 0.3) is 0 Å². The summed E-state index contributed by atoms with van der Waals surface area (Å²) >= 11 is 0. The second kappa shape index (κ2) is 11.9. The first-order chi connectivity index (χ1) is 18.2. The van der Waals surface area contributed by atoms with Gasteiger partial charge in [-0.05, 0) is 35.0 Å². The third-order valence-corrected chi connectivity index (χ3v) is 7.07. The van der Waals surface area contributed by atoms with Crippen molar-refractivity contribution < 1.29 is 27.6 Å². The molecule has 37 heavy (non-hydrogen) atoms. The van der Waals surface area contributed by atoms with E-state index in [0.29, 0.717) is 5.75 Å². The summed E-state index contributed by atoms with van der Waals surface area (Å²) in [6.45, 7) is 0.368. The van der Waals surface area contributed by atoms with E-state index < -0.39 is 7.82 Å². The Kier molecular flexibility index (Phi) is 8.02. The maximum Gasteiger partial charge on any atom is 0.530 e. The van der Waals surface area contributed by atoms with Crippen LogP contribution in [0.25, 0.3) is 21.5 Å². The molecule has 0 N–H and O–H groups in total. The van der Waals surface area contributed by atoms with Gasteiger partial charge in [-0.15, -0.1) is 0 Å². The fraction of sp³-hybridized carbons (Fsp3) is 0.133. The molecule has 6 nitrogen and oxygen atoms in total. The topological polar surface area (TPSA) is 63.2 Å². The minimum absolute atomic E-state index is 0.0114. The molecule has 0 atom stereocenters. The summed E-state index contributed by atoms with van der Waals surface area (Å²) in [7, 11) is -3.94. The van der Waals surface area contributed by atoms with E-state index in [1.165, 1.54) is 0 Å². The zero-order valence-electron chi connectivity index (χ0n) is 20.2. The van der Waals surface area contributed by atoms with E-state index in [1.807, 2.05) is 91.0 Å². The minimum atomic E-state index is -3.94. The van der Waals surface area contributed by atoms with E-state index >= 15 is 0 Å². The highest BCUT2D eigenvalue weighted by Crippen LogP contribution is 2.49. The Labute approximate surface area is 215 Å². The van der Waals surface area contributed by atoms with Crippen molar-refractivity contribution >= 4 is 29.4 Å². The van der Waals surface area contributed by atoms with E-state index in [9.17, 15) is 4.57 Å². The van der Waals surface area contributed by atoms with Crippen molar-refractivity contribution in [1.82, 2.24) is 0 Å². The number of hydrogen-bond donors (Lipinski definition) is 0. The summed E-state index contributed by atoms with van der Waals surface area (Å²) in [6.07, 6.45) is 0. The van der Waals surface area contributed by atoms with Crippen molar-refractivity contribution in [2.75, 3.05) is 26.4 Å². The van der Waals surface area contributed by atoms with Crippen LogP contribution in [0.1, 0.15) is 0 Å². The van der Waals surface area contributed by atoms with Crippen molar-refractivity contribution in [3.8, 4) is 17.2 Å². The predicted octanol–water partition coefficient (Wildman–Crippen LogP) is 7.67. The molecule has 5 rings (SSSR count). The van der Waals surface area contributed by atoms with Gasteiger partial charge in [-0.1, -0.05) is 91.0 Å². The van der Waals surface area contributed by atoms with Gasteiger partial charge in [0.1, 0.15) is 30.5 Å². The molecule has 0 radical (unpaired) electrons. The van der Waals surface area contributed by atoms with Crippen LogP contribution < -0.4 is 14.0 Å². The van der Waals surface area contributed by atoms with Crippen LogP contribution in [0.2, 0.25) is 0 Å². The summed E-state index contributed by atoms with van der Waals surface area (Å²) in [5.41, 5.74) is 0. The Balaban J connectivity index is 1.19. The van der Waals surface area contributed by atoms with Crippen LogP contribution in [0.15, 0.2) is 115 Å². The normalized spacial score (nSPS) is 11.5. The first-order valence-electron chi connectivity index (χ1n) is 12.1. The molecule has 5 aromatic rings. The van der Waals surface area contributed by atoms with Crippen LogP contribution >= 0.6 is 7.82 Å². The van der Waals surface area contributed by atoms with Gasteiger partial charge >= 0.3 is 7.82 Å². The standard InChI is InChI=1S/C30H27O6P/c31-37(36-26-14-2-1-3-15-26,34-22-20-32-29-18-8-12-24-10-4-6-16-27(24)29)35-23-21-33-30-19-9-13-25-11-5-7-17-28(25)30/h1-19H,20-23H2. The fourth-order valence-electron chi connectivity index (χ4n) is 3.94. The van der Waals surface area contributed by atoms with Gasteiger partial charge in [0.15, 0.2) is 0 Å². The van der Waals surface area contributed by atoms with Crippen LogP contribution in [-0.4, -0.2) is 26.4 Å². The summed E-state index contributed by atoms with van der Waals surface area (Å²) in [6, 6.07) is 36.4. The van der Waals surface area contributed by atoms with Gasteiger partial charge in [-0.25, -0.2) is 4.57 Å². The monoisotopic (exact) mass is 514 g/mol. The number of rotatable bonds is 12. The van der Waals surface area contributed by atoms with Crippen LogP contribution in [0.4, 0.5) is 0 Å². The highest BCUT2D eigenvalue weighted by molar-refractivity contribution is 7.48. The molecule has 7 heteroatoms. The second-order valence-corrected chi connectivity index (χ2v) is 9.76. The molecule has 0 saturated carbocycles. The summed E-state index contributed by atoms with van der Waals surface area (Å²) in [5.74, 6) is 1.84. The predicted molar refractivity (Wildman–Crippen MR) is 145 cm³/mol. The van der Waals surface area contributed by atoms with Crippen LogP contribution in [0.5, 0.6) is 17.2 Å². The smallest absolute Gasteiger partial charge is 0.491 e. The number of phosphoric ester groups is 1. The molecule has 0 spiro atoms. The molecule has 0 aliphatic rings. The molecule has 0 aromatic heterocycles. The number of ether oxygens (including phenoxy) is 2. The Morgan fingerprint density at radius 1 is 0.486 bits per heavy atom. The van der Waals surface area contributed by atoms with E-state index in [2.05, 4.69) is 0 Å². The number of para-hydroxylation sites is 1. The Morgan fingerprint density at radius 2 is 0.946 bits per heavy atom. The first-order valence-corrected chi connectivity index (χ1v) is 13.5. The number of phosphoric acid groups is 1. The van der Waals surface area contributed by atoms with Gasteiger partial charge in [0.2, 0.25) is 0 Å². The SMILES string of the molecule is O=P(OCCOc1cccc2ccccc12)(OCCOc1cccc2ccccc12)Oc1ccccc1. The molecule has 188 valence electrons. The largest absolute Gasteiger partial charge is 0.530 e. The molecule has 0 heterocycles. The summed E-state index contributed by atoms with van der Waals surface area (Å²) in [5, 5.41) is 4.15. The van der Waals surface area contributed by atoms with Gasteiger partial charge < -0.3 is 14.0 Å². The third-order valence-electron chi connectivity index (χ3n) is 5.64. The average Bonchev–Trinajstić information content (AvgIpc) is 2.94. The highest BCUT2D eigenvalue weighted by Gasteiger charge is 2.29. The molecule has 0 bridgehead atoms. The van der Waals surface area contributed by atoms with Gasteiger partial charge in [0.05, 0.1) is 13.2 Å². The molecule has 0 amide bonds. The van der Waals surface area contributed by atoms with Crippen molar-refractivity contribution in [2.24, 2.45) is 0 Å². The van der Waals surface area contributed by atoms with E-state index in [4.69, 9.17) is 23.0 Å². The lowest BCUT2D eigenvalue weighted by Gasteiger charge is -2.19. The van der Waals surface area contributed by atoms with Crippen molar-refractivity contribution in [3.05, 3.63) is 115 Å². The summed E-state index contributed by atoms with van der Waals surface area (Å²) < 4.78 is 42.2. The molecule has 0 aliphatic carbocycles. The number of benzene rings is 5. The lowest BCUT2D eigenvalue weighted by Crippen LogP contribution is -2.12. The molecule has 0 fully saturated rings. The molecule has 0 aliphatic heterocycles. The fourth-order valence-corrected chi connectivity index (χ4v) is 5.10. The van der Waals surface area contributed by atoms with Crippen LogP contribution in [0, 0.1) is 0 Å². The summed E-state index contributed by atoms with van der Waals surface area (Å²) in [4.78, 5) is 0. The molecule has 0 saturated heterocycles. The van der Waals surface area contributed by atoms with Crippen LogP contribution in [-0.2, 0) is 13.6 Å². The van der Waals surface area contributed by atoms with Crippen LogP contribution in [0.3, 0.4) is 0 Å². The van der Waals surface area contributed by atoms with Gasteiger partial charge in [-0.2, -0.15) is 0 Å². The zero-order chi connectivity index (χ0) is 25.3. The van der Waals surface area contributed by atoms with E-state index in [-0.39, 0.29) is 26.4 Å². The van der Waals surface area contributed by atoms with E-state index in [0.717, 1.165) is 33.0 Å². The van der Waals surface area contributed by atoms with Crippen molar-refractivity contribution in [3.63, 3.8) is 0 Å². The Bertz CT molecular complexity index is 1400. The number of fused-ring (bicyclic) bond motifs is 2. The van der Waals surface area contributed by atoms with Crippen molar-refractivity contribution in [1.29, 1.82) is 0 Å². The Morgan fingerprint density at radius 3 is 1.49 bits per heavy atom. The van der Waals surface area contributed by atoms with Gasteiger partial charge in [0, 0.05) is 10.8 Å². The van der Waals surface area contributed by atoms with Gasteiger partial charge in [-0.3, -0.25) is 9.05 Å². The third kappa shape index (κ3) is 6.49. The number of hydrogen-bond acceptors (Lipinski definition) is 6. The maximum absolute atomic E-state index is 13.5. The maximum atomic E-state index is 13.5. The Hall–Kier alpha value is -3.83. The van der Waals surface area contributed by atoms with E-state index in [1.54, 1.807) is 24.3 Å². The molecule has 5 aromatic carbocycles. The molecule has 0 unspecified atom stereocenters. The second-order valence-electron chi connectivity index (χ2n) is 8.17. The minimum Gasteiger partial charge on any atom is -0.491 e.